The summed E-state index contributed by atoms with van der Waals surface area (Å²) in [7, 11) is 2.85. The molecule has 13 heteroatoms. The Morgan fingerprint density at radius 3 is 2.44 bits per heavy atom. The number of para-hydroxylation sites is 1. The number of halogens is 5. The molecular formula is C30H22Cl2F3N3O5. The van der Waals surface area contributed by atoms with Crippen LogP contribution in [0.2, 0.25) is 10.0 Å². The van der Waals surface area contributed by atoms with Crippen LogP contribution < -0.4 is 14.4 Å². The molecule has 0 unspecified atom stereocenters. The number of amides is 1. The van der Waals surface area contributed by atoms with Gasteiger partial charge in [-0.1, -0.05) is 35.3 Å². The van der Waals surface area contributed by atoms with Gasteiger partial charge < -0.3 is 19.5 Å². The Bertz CT molecular complexity index is 1770. The lowest BCUT2D eigenvalue weighted by Crippen LogP contribution is -2.27. The van der Waals surface area contributed by atoms with E-state index in [0.717, 1.165) is 12.1 Å². The fourth-order valence-electron chi connectivity index (χ4n) is 4.43. The van der Waals surface area contributed by atoms with Crippen molar-refractivity contribution >= 4 is 51.7 Å². The van der Waals surface area contributed by atoms with Crippen molar-refractivity contribution in [1.82, 2.24) is 4.98 Å². The third-order valence-electron chi connectivity index (χ3n) is 6.44. The van der Waals surface area contributed by atoms with Crippen LogP contribution in [0.5, 0.6) is 11.5 Å². The van der Waals surface area contributed by atoms with E-state index in [1.165, 1.54) is 43.3 Å². The molecule has 0 saturated carbocycles. The van der Waals surface area contributed by atoms with Crippen LogP contribution in [0.15, 0.2) is 54.6 Å². The average Bonchev–Trinajstić information content (AvgIpc) is 2.96. The summed E-state index contributed by atoms with van der Waals surface area (Å²) in [5.74, 6) is -1.37. The molecule has 1 N–H and O–H groups in total. The minimum absolute atomic E-state index is 0.000615. The maximum atomic E-state index is 13.9. The number of rotatable bonds is 9. The van der Waals surface area contributed by atoms with Crippen LogP contribution >= 0.6 is 23.2 Å². The topological polar surface area (TPSA) is 113 Å². The second-order valence-corrected chi connectivity index (χ2v) is 10.0. The number of anilines is 1. The average molecular weight is 632 g/mol. The predicted octanol–water partition coefficient (Wildman–Crippen LogP) is 7.63. The summed E-state index contributed by atoms with van der Waals surface area (Å²) in [4.78, 5) is 30.4. The molecule has 0 aliphatic carbocycles. The molecule has 0 radical (unpaired) electrons. The van der Waals surface area contributed by atoms with E-state index in [1.807, 2.05) is 6.07 Å². The molecule has 43 heavy (non-hydrogen) atoms. The molecule has 4 rings (SSSR count). The molecule has 4 aromatic rings. The number of aromatic nitrogens is 1. The summed E-state index contributed by atoms with van der Waals surface area (Å²) in [6, 6.07) is 13.8. The predicted molar refractivity (Wildman–Crippen MR) is 155 cm³/mol. The van der Waals surface area contributed by atoms with E-state index < -0.39 is 23.6 Å². The van der Waals surface area contributed by atoms with Crippen molar-refractivity contribution in [2.75, 3.05) is 25.7 Å². The highest BCUT2D eigenvalue weighted by Gasteiger charge is 2.33. The second kappa shape index (κ2) is 12.8. The molecule has 222 valence electrons. The number of nitriles is 1. The van der Waals surface area contributed by atoms with Crippen molar-refractivity contribution in [3.8, 4) is 28.8 Å². The number of fused-ring (bicyclic) bond motifs is 1. The first-order valence-corrected chi connectivity index (χ1v) is 13.3. The number of methoxy groups -OCH3 is 1. The third kappa shape index (κ3) is 6.61. The Morgan fingerprint density at radius 2 is 1.79 bits per heavy atom. The molecule has 8 nitrogen and oxygen atoms in total. The fraction of sp³-hybridized carbons (Fsp3) is 0.200. The number of carbonyl (C=O) groups is 2. The molecule has 0 atom stereocenters. The lowest BCUT2D eigenvalue weighted by Gasteiger charge is -2.23. The van der Waals surface area contributed by atoms with Gasteiger partial charge in [0.25, 0.3) is 5.91 Å². The summed E-state index contributed by atoms with van der Waals surface area (Å²) >= 11 is 13.0. The van der Waals surface area contributed by atoms with Crippen molar-refractivity contribution in [3.63, 3.8) is 0 Å². The van der Waals surface area contributed by atoms with Gasteiger partial charge in [0.1, 0.15) is 23.3 Å². The number of carbonyl (C=O) groups excluding carboxylic acids is 1. The van der Waals surface area contributed by atoms with Crippen LogP contribution in [0, 0.1) is 11.3 Å². The van der Waals surface area contributed by atoms with Crippen molar-refractivity contribution < 1.29 is 37.3 Å². The molecule has 0 bridgehead atoms. The largest absolute Gasteiger partial charge is 0.495 e. The lowest BCUT2D eigenvalue weighted by atomic mass is 9.99. The van der Waals surface area contributed by atoms with Gasteiger partial charge in [-0.2, -0.15) is 18.4 Å². The van der Waals surface area contributed by atoms with E-state index in [0.29, 0.717) is 5.75 Å². The Hall–Kier alpha value is -4.53. The molecule has 0 saturated heterocycles. The van der Waals surface area contributed by atoms with E-state index in [9.17, 15) is 28.0 Å². The minimum Gasteiger partial charge on any atom is -0.495 e. The summed E-state index contributed by atoms with van der Waals surface area (Å²) in [5.41, 5.74) is -0.995. The maximum Gasteiger partial charge on any atom is 0.417 e. The molecule has 0 spiro atoms. The van der Waals surface area contributed by atoms with Crippen LogP contribution in [0.3, 0.4) is 0 Å². The molecular weight excluding hydrogens is 610 g/mol. The number of ether oxygens (including phenoxy) is 2. The Balaban J connectivity index is 1.90. The summed E-state index contributed by atoms with van der Waals surface area (Å²) in [6.07, 6.45) is -4.74. The number of benzene rings is 3. The number of pyridine rings is 1. The highest BCUT2D eigenvalue weighted by molar-refractivity contribution is 6.35. The molecule has 1 heterocycles. The van der Waals surface area contributed by atoms with Crippen LogP contribution in [0.1, 0.15) is 34.3 Å². The molecule has 0 aliphatic rings. The van der Waals surface area contributed by atoms with Gasteiger partial charge in [-0.05, 0) is 42.8 Å². The van der Waals surface area contributed by atoms with Crippen LogP contribution in [0.4, 0.5) is 18.9 Å². The maximum absolute atomic E-state index is 13.9. The first-order valence-electron chi connectivity index (χ1n) is 12.6. The third-order valence-corrected chi connectivity index (χ3v) is 7.06. The van der Waals surface area contributed by atoms with Crippen molar-refractivity contribution in [1.29, 1.82) is 5.26 Å². The van der Waals surface area contributed by atoms with Crippen molar-refractivity contribution in [2.45, 2.75) is 19.0 Å². The standard InChI is InChI=1S/C30H22Cl2F3N3O5/c1-38(28-21(31)7-4-9-24(28)42-2)29(41)19-13-18(22(32)14-25(19)43-11-5-10-26(39)40)27-16(15-36)12-17-20(30(33,34)35)6-3-8-23(17)37-27/h3-4,6-9,12-14H,5,10-11H2,1-2H3,(H,39,40). The van der Waals surface area contributed by atoms with Gasteiger partial charge in [0.2, 0.25) is 0 Å². The molecule has 1 aromatic heterocycles. The summed E-state index contributed by atoms with van der Waals surface area (Å²) in [5, 5.41) is 18.8. The SMILES string of the molecule is COc1cccc(Cl)c1N(C)C(=O)c1cc(-c2nc3cccc(C(F)(F)F)c3cc2C#N)c(Cl)cc1OCCCC(=O)O. The Kier molecular flexibility index (Phi) is 9.33. The van der Waals surface area contributed by atoms with E-state index in [-0.39, 0.29) is 74.2 Å². The van der Waals surface area contributed by atoms with Gasteiger partial charge in [-0.25, -0.2) is 4.98 Å². The minimum atomic E-state index is -4.68. The number of hydrogen-bond acceptors (Lipinski definition) is 6. The number of hydrogen-bond donors (Lipinski definition) is 1. The van der Waals surface area contributed by atoms with E-state index in [2.05, 4.69) is 4.98 Å². The monoisotopic (exact) mass is 631 g/mol. The van der Waals surface area contributed by atoms with E-state index >= 15 is 0 Å². The quantitative estimate of drug-likeness (QED) is 0.189. The second-order valence-electron chi connectivity index (χ2n) is 9.20. The van der Waals surface area contributed by atoms with Crippen LogP contribution in [0.25, 0.3) is 22.2 Å². The number of carboxylic acids is 1. The summed E-state index contributed by atoms with van der Waals surface area (Å²) in [6.45, 7) is -0.0702. The molecule has 0 aliphatic heterocycles. The van der Waals surface area contributed by atoms with Crippen molar-refractivity contribution in [3.05, 3.63) is 81.3 Å². The van der Waals surface area contributed by atoms with Crippen molar-refractivity contribution in [2.24, 2.45) is 0 Å². The molecule has 1 amide bonds. The summed E-state index contributed by atoms with van der Waals surface area (Å²) < 4.78 is 52.1. The molecule has 0 fully saturated rings. The first kappa shape index (κ1) is 31.4. The number of aliphatic carboxylic acids is 1. The normalized spacial score (nSPS) is 11.2. The fourth-order valence-corrected chi connectivity index (χ4v) is 4.97. The van der Waals surface area contributed by atoms with Gasteiger partial charge in [-0.3, -0.25) is 9.59 Å². The highest BCUT2D eigenvalue weighted by atomic mass is 35.5. The zero-order valence-electron chi connectivity index (χ0n) is 22.6. The van der Waals surface area contributed by atoms with Crippen LogP contribution in [-0.4, -0.2) is 42.7 Å². The van der Waals surface area contributed by atoms with Crippen LogP contribution in [-0.2, 0) is 11.0 Å². The molecule has 3 aromatic carbocycles. The Labute approximate surface area is 253 Å². The number of carboxylic acid groups (broad SMARTS) is 1. The van der Waals surface area contributed by atoms with Gasteiger partial charge in [-0.15, -0.1) is 0 Å². The van der Waals surface area contributed by atoms with Gasteiger partial charge in [0.05, 0.1) is 51.7 Å². The zero-order valence-corrected chi connectivity index (χ0v) is 24.1. The first-order chi connectivity index (χ1) is 20.4. The van der Waals surface area contributed by atoms with E-state index in [1.54, 1.807) is 18.2 Å². The zero-order chi connectivity index (χ0) is 31.5. The van der Waals surface area contributed by atoms with Gasteiger partial charge >= 0.3 is 12.1 Å². The Morgan fingerprint density at radius 1 is 1.07 bits per heavy atom. The number of nitrogens with zero attached hydrogens (tertiary/aromatic N) is 3. The number of alkyl halides is 3. The highest BCUT2D eigenvalue weighted by Crippen LogP contribution is 2.41. The van der Waals surface area contributed by atoms with Gasteiger partial charge in [0, 0.05) is 30.5 Å². The van der Waals surface area contributed by atoms with E-state index in [4.69, 9.17) is 37.8 Å². The lowest BCUT2D eigenvalue weighted by molar-refractivity contribution is -0.137. The van der Waals surface area contributed by atoms with Gasteiger partial charge in [0.15, 0.2) is 0 Å². The smallest absolute Gasteiger partial charge is 0.417 e.